The van der Waals surface area contributed by atoms with Crippen LogP contribution in [0.3, 0.4) is 0 Å². The largest absolute Gasteiger partial charge is 0.507 e. The van der Waals surface area contributed by atoms with Crippen molar-refractivity contribution in [3.05, 3.63) is 68.9 Å². The number of methoxy groups -OCH3 is 1. The first-order valence-electron chi connectivity index (χ1n) is 11.4. The summed E-state index contributed by atoms with van der Waals surface area (Å²) in [5.74, 6) is 0.158. The van der Waals surface area contributed by atoms with Crippen LogP contribution in [0.4, 0.5) is 0 Å². The maximum absolute atomic E-state index is 13.6. The van der Waals surface area contributed by atoms with E-state index in [1.54, 1.807) is 24.3 Å². The SMILES string of the molecule is COc1c(-c2ccc(-c3nn[nH]n3)cc2)oc2c(CC=C(C)C)c(O)c(CC=C(C)C)c(O)c2c1=O. The monoisotopic (exact) mass is 488 g/mol. The molecule has 0 aliphatic rings. The molecule has 3 N–H and O–H groups in total. The smallest absolute Gasteiger partial charge is 0.239 e. The van der Waals surface area contributed by atoms with E-state index in [-0.39, 0.29) is 46.0 Å². The summed E-state index contributed by atoms with van der Waals surface area (Å²) in [6.07, 6.45) is 4.39. The lowest BCUT2D eigenvalue weighted by molar-refractivity contribution is 0.396. The van der Waals surface area contributed by atoms with Gasteiger partial charge in [0.05, 0.1) is 7.11 Å². The van der Waals surface area contributed by atoms with Gasteiger partial charge in [0.25, 0.3) is 0 Å². The van der Waals surface area contributed by atoms with Crippen LogP contribution in [0.15, 0.2) is 56.8 Å². The predicted octanol–water partition coefficient (Wildman–Crippen LogP) is 5.08. The molecule has 186 valence electrons. The van der Waals surface area contributed by atoms with Gasteiger partial charge in [0.1, 0.15) is 22.5 Å². The van der Waals surface area contributed by atoms with E-state index in [4.69, 9.17) is 9.15 Å². The molecule has 36 heavy (non-hydrogen) atoms. The van der Waals surface area contributed by atoms with Crippen LogP contribution >= 0.6 is 0 Å². The Labute approximate surface area is 207 Å². The van der Waals surface area contributed by atoms with Gasteiger partial charge in [0.15, 0.2) is 5.76 Å². The lowest BCUT2D eigenvalue weighted by Gasteiger charge is -2.16. The van der Waals surface area contributed by atoms with E-state index in [9.17, 15) is 15.0 Å². The summed E-state index contributed by atoms with van der Waals surface area (Å²) in [6, 6.07) is 7.03. The highest BCUT2D eigenvalue weighted by atomic mass is 16.5. The molecule has 0 unspecified atom stereocenters. The number of nitrogens with one attached hydrogen (secondary N) is 1. The number of fused-ring (bicyclic) bond motifs is 1. The third-order valence-electron chi connectivity index (χ3n) is 5.82. The number of rotatable bonds is 7. The number of hydrogen-bond acceptors (Lipinski definition) is 8. The first-order chi connectivity index (χ1) is 17.2. The lowest BCUT2D eigenvalue weighted by Crippen LogP contribution is -2.10. The Morgan fingerprint density at radius 1 is 0.972 bits per heavy atom. The van der Waals surface area contributed by atoms with Gasteiger partial charge in [-0.05, 0) is 45.7 Å². The van der Waals surface area contributed by atoms with Gasteiger partial charge in [0, 0.05) is 22.3 Å². The highest BCUT2D eigenvalue weighted by Crippen LogP contribution is 2.43. The maximum atomic E-state index is 13.6. The van der Waals surface area contributed by atoms with Crippen LogP contribution < -0.4 is 10.2 Å². The normalized spacial score (nSPS) is 10.9. The van der Waals surface area contributed by atoms with E-state index in [0.29, 0.717) is 23.4 Å². The van der Waals surface area contributed by atoms with E-state index in [2.05, 4.69) is 20.6 Å². The molecule has 9 heteroatoms. The Hall–Kier alpha value is -4.40. The van der Waals surface area contributed by atoms with Gasteiger partial charge in [0.2, 0.25) is 17.0 Å². The van der Waals surface area contributed by atoms with Crippen LogP contribution in [-0.2, 0) is 12.8 Å². The average Bonchev–Trinajstić information content (AvgIpc) is 3.38. The van der Waals surface area contributed by atoms with Crippen molar-refractivity contribution in [3.8, 4) is 40.0 Å². The molecule has 0 amide bonds. The van der Waals surface area contributed by atoms with Crippen molar-refractivity contribution >= 4 is 11.0 Å². The van der Waals surface area contributed by atoms with Gasteiger partial charge in [-0.3, -0.25) is 4.79 Å². The molecular formula is C27H28N4O5. The van der Waals surface area contributed by atoms with Crippen molar-refractivity contribution in [1.29, 1.82) is 0 Å². The number of phenols is 2. The topological polar surface area (TPSA) is 134 Å². The molecule has 0 radical (unpaired) electrons. The van der Waals surface area contributed by atoms with Crippen LogP contribution in [-0.4, -0.2) is 37.9 Å². The molecule has 0 saturated heterocycles. The summed E-state index contributed by atoms with van der Waals surface area (Å²) in [5, 5.41) is 36.2. The van der Waals surface area contributed by atoms with Crippen molar-refractivity contribution in [2.45, 2.75) is 40.5 Å². The number of phenolic OH excluding ortho intramolecular Hbond substituents is 2. The highest BCUT2D eigenvalue weighted by Gasteiger charge is 2.26. The Bertz CT molecular complexity index is 1520. The lowest BCUT2D eigenvalue weighted by atomic mass is 9.96. The van der Waals surface area contributed by atoms with Crippen LogP contribution in [0.25, 0.3) is 33.7 Å². The van der Waals surface area contributed by atoms with Crippen molar-refractivity contribution in [1.82, 2.24) is 20.6 Å². The molecule has 2 aromatic heterocycles. The second kappa shape index (κ2) is 10.1. The standard InChI is InChI=1S/C27H28N4O5/c1-14(2)6-12-18-21(32)19(13-7-15(3)4)25-20(22(18)33)23(34)26(35-5)24(36-25)16-8-10-17(11-9-16)27-28-30-31-29-27/h6-11,32-33H,12-13H2,1-5H3,(H,28,29,30,31). The molecule has 0 spiro atoms. The number of aromatic nitrogens is 4. The van der Waals surface area contributed by atoms with Gasteiger partial charge in [-0.1, -0.05) is 47.6 Å². The van der Waals surface area contributed by atoms with Gasteiger partial charge in [-0.15, -0.1) is 10.2 Å². The fraction of sp³-hybridized carbons (Fsp3) is 0.259. The Morgan fingerprint density at radius 2 is 1.58 bits per heavy atom. The Kier molecular flexibility index (Phi) is 6.91. The maximum Gasteiger partial charge on any atom is 0.239 e. The fourth-order valence-electron chi connectivity index (χ4n) is 3.92. The minimum atomic E-state index is -0.523. The molecule has 2 aromatic carbocycles. The summed E-state index contributed by atoms with van der Waals surface area (Å²) >= 11 is 0. The summed E-state index contributed by atoms with van der Waals surface area (Å²) in [7, 11) is 1.38. The van der Waals surface area contributed by atoms with Gasteiger partial charge >= 0.3 is 0 Å². The molecule has 0 aliphatic heterocycles. The number of hydrogen-bond donors (Lipinski definition) is 3. The van der Waals surface area contributed by atoms with E-state index in [1.165, 1.54) is 7.11 Å². The number of aromatic amines is 1. The Balaban J connectivity index is 2.00. The second-order valence-corrected chi connectivity index (χ2v) is 8.94. The van der Waals surface area contributed by atoms with Crippen molar-refractivity contribution in [3.63, 3.8) is 0 Å². The highest BCUT2D eigenvalue weighted by molar-refractivity contribution is 5.93. The molecule has 4 aromatic rings. The number of tetrazole rings is 1. The van der Waals surface area contributed by atoms with E-state index >= 15 is 0 Å². The molecular weight excluding hydrogens is 460 g/mol. The third kappa shape index (κ3) is 4.59. The van der Waals surface area contributed by atoms with Crippen LogP contribution in [0.2, 0.25) is 0 Å². The van der Waals surface area contributed by atoms with E-state index in [1.807, 2.05) is 39.8 Å². The predicted molar refractivity (Wildman–Crippen MR) is 137 cm³/mol. The van der Waals surface area contributed by atoms with Crippen LogP contribution in [0.5, 0.6) is 17.2 Å². The molecule has 2 heterocycles. The summed E-state index contributed by atoms with van der Waals surface area (Å²) < 4.78 is 11.7. The van der Waals surface area contributed by atoms with Crippen LogP contribution in [0, 0.1) is 0 Å². The van der Waals surface area contributed by atoms with Gasteiger partial charge in [-0.25, -0.2) is 0 Å². The first kappa shape index (κ1) is 24.7. The average molecular weight is 489 g/mol. The molecule has 0 saturated carbocycles. The molecule has 0 atom stereocenters. The summed E-state index contributed by atoms with van der Waals surface area (Å²) in [4.78, 5) is 13.6. The molecule has 9 nitrogen and oxygen atoms in total. The van der Waals surface area contributed by atoms with Gasteiger partial charge < -0.3 is 19.4 Å². The second-order valence-electron chi connectivity index (χ2n) is 8.94. The minimum absolute atomic E-state index is 0.0221. The molecule has 0 aliphatic carbocycles. The zero-order chi connectivity index (χ0) is 26.0. The third-order valence-corrected chi connectivity index (χ3v) is 5.82. The van der Waals surface area contributed by atoms with Gasteiger partial charge in [-0.2, -0.15) is 5.21 Å². The van der Waals surface area contributed by atoms with E-state index in [0.717, 1.165) is 16.7 Å². The minimum Gasteiger partial charge on any atom is -0.507 e. The number of allylic oxidation sites excluding steroid dienone is 4. The first-order valence-corrected chi connectivity index (χ1v) is 11.4. The summed E-state index contributed by atoms with van der Waals surface area (Å²) in [6.45, 7) is 7.74. The van der Waals surface area contributed by atoms with Crippen molar-refractivity contribution < 1.29 is 19.4 Å². The Morgan fingerprint density at radius 3 is 2.14 bits per heavy atom. The van der Waals surface area contributed by atoms with Crippen molar-refractivity contribution in [2.24, 2.45) is 0 Å². The number of nitrogens with zero attached hydrogens (tertiary/aromatic N) is 3. The zero-order valence-corrected chi connectivity index (χ0v) is 20.8. The number of H-pyrrole nitrogens is 1. The number of benzene rings is 2. The zero-order valence-electron chi connectivity index (χ0n) is 20.8. The number of ether oxygens (including phenoxy) is 1. The van der Waals surface area contributed by atoms with E-state index < -0.39 is 5.43 Å². The number of aromatic hydroxyl groups is 2. The molecule has 0 bridgehead atoms. The van der Waals surface area contributed by atoms with Crippen LogP contribution in [0.1, 0.15) is 38.8 Å². The quantitative estimate of drug-likeness (QED) is 0.307. The fourth-order valence-corrected chi connectivity index (χ4v) is 3.92. The molecule has 0 fully saturated rings. The summed E-state index contributed by atoms with van der Waals surface area (Å²) in [5.41, 5.74) is 3.63. The van der Waals surface area contributed by atoms with Crippen molar-refractivity contribution in [2.75, 3.05) is 7.11 Å². The molecule has 4 rings (SSSR count).